The van der Waals surface area contributed by atoms with Crippen molar-refractivity contribution in [2.45, 2.75) is 44.5 Å². The van der Waals surface area contributed by atoms with Crippen LogP contribution in [0, 0.1) is 0 Å². The molecule has 2 aliphatic rings. The molecule has 3 nitrogen and oxygen atoms in total. The van der Waals surface area contributed by atoms with Crippen LogP contribution in [0.15, 0.2) is 0 Å². The maximum absolute atomic E-state index is 5.73. The number of hydrogen-bond donors (Lipinski definition) is 1. The number of nitrogens with two attached hydrogens (primary N) is 1. The molecule has 3 heteroatoms. The molecule has 0 aromatic rings. The van der Waals surface area contributed by atoms with Crippen LogP contribution in [-0.2, 0) is 4.74 Å². The molecule has 2 rings (SSSR count). The minimum atomic E-state index is 0.419. The van der Waals surface area contributed by atoms with Gasteiger partial charge in [0.2, 0.25) is 0 Å². The van der Waals surface area contributed by atoms with Crippen molar-refractivity contribution in [3.8, 4) is 0 Å². The van der Waals surface area contributed by atoms with Gasteiger partial charge in [0, 0.05) is 24.7 Å². The van der Waals surface area contributed by atoms with E-state index in [4.69, 9.17) is 10.5 Å². The van der Waals surface area contributed by atoms with Crippen molar-refractivity contribution in [3.63, 3.8) is 0 Å². The Hall–Kier alpha value is -0.120. The fourth-order valence-electron chi connectivity index (χ4n) is 2.66. The summed E-state index contributed by atoms with van der Waals surface area (Å²) in [5.41, 5.74) is 5.73. The van der Waals surface area contributed by atoms with Gasteiger partial charge in [-0.15, -0.1) is 0 Å². The topological polar surface area (TPSA) is 38.5 Å². The minimum Gasteiger partial charge on any atom is -0.375 e. The Morgan fingerprint density at radius 2 is 2.33 bits per heavy atom. The summed E-state index contributed by atoms with van der Waals surface area (Å²) in [6, 6.07) is 1.73. The predicted molar refractivity (Wildman–Crippen MR) is 48.0 cm³/mol. The molecule has 0 spiro atoms. The second-order valence-corrected chi connectivity index (χ2v) is 4.11. The number of morpholine rings is 1. The van der Waals surface area contributed by atoms with Crippen molar-refractivity contribution < 1.29 is 4.74 Å². The fourth-order valence-corrected chi connectivity index (χ4v) is 2.66. The molecule has 3 atom stereocenters. The lowest BCUT2D eigenvalue weighted by Gasteiger charge is -2.37. The highest BCUT2D eigenvalue weighted by Crippen LogP contribution is 2.34. The number of fused-ring (bicyclic) bond motifs is 2. The highest BCUT2D eigenvalue weighted by atomic mass is 16.5. The average molecular weight is 170 g/mol. The van der Waals surface area contributed by atoms with Gasteiger partial charge in [-0.05, 0) is 20.3 Å². The molecule has 2 fully saturated rings. The van der Waals surface area contributed by atoms with Gasteiger partial charge >= 0.3 is 0 Å². The van der Waals surface area contributed by atoms with E-state index in [1.54, 1.807) is 0 Å². The third kappa shape index (κ3) is 1.08. The van der Waals surface area contributed by atoms with Crippen LogP contribution >= 0.6 is 0 Å². The molecular weight excluding hydrogens is 152 g/mol. The first kappa shape index (κ1) is 8.48. The zero-order valence-electron chi connectivity index (χ0n) is 7.86. The van der Waals surface area contributed by atoms with Crippen molar-refractivity contribution in [1.29, 1.82) is 0 Å². The summed E-state index contributed by atoms with van der Waals surface area (Å²) in [7, 11) is 0. The van der Waals surface area contributed by atoms with Gasteiger partial charge in [0.25, 0.3) is 0 Å². The second-order valence-electron chi connectivity index (χ2n) is 4.11. The van der Waals surface area contributed by atoms with Crippen LogP contribution < -0.4 is 5.73 Å². The molecule has 0 radical (unpaired) electrons. The molecular formula is C9H18N2O. The molecule has 2 heterocycles. The molecule has 12 heavy (non-hydrogen) atoms. The molecule has 0 amide bonds. The monoisotopic (exact) mass is 170 g/mol. The van der Waals surface area contributed by atoms with E-state index in [9.17, 15) is 0 Å². The van der Waals surface area contributed by atoms with Crippen LogP contribution in [-0.4, -0.2) is 42.3 Å². The molecule has 0 saturated carbocycles. The standard InChI is InChI=1S/C9H18N2O/c1-6(2)11-7-3-9(12-5-7)8(11)4-10/h6-9H,3-5,10H2,1-2H3. The Morgan fingerprint density at radius 1 is 1.58 bits per heavy atom. The van der Waals surface area contributed by atoms with Crippen molar-refractivity contribution in [2.24, 2.45) is 5.73 Å². The maximum Gasteiger partial charge on any atom is 0.0759 e. The summed E-state index contributed by atoms with van der Waals surface area (Å²) >= 11 is 0. The van der Waals surface area contributed by atoms with Crippen LogP contribution in [0.25, 0.3) is 0 Å². The summed E-state index contributed by atoms with van der Waals surface area (Å²) < 4.78 is 5.61. The number of nitrogens with zero attached hydrogens (tertiary/aromatic N) is 1. The minimum absolute atomic E-state index is 0.419. The zero-order chi connectivity index (χ0) is 8.72. The Labute approximate surface area is 73.9 Å². The third-order valence-electron chi connectivity index (χ3n) is 3.08. The van der Waals surface area contributed by atoms with E-state index in [2.05, 4.69) is 18.7 Å². The van der Waals surface area contributed by atoms with Gasteiger partial charge in [0.05, 0.1) is 12.7 Å². The largest absolute Gasteiger partial charge is 0.375 e. The Kier molecular flexibility index (Phi) is 2.10. The molecule has 0 aliphatic carbocycles. The highest BCUT2D eigenvalue weighted by Gasteiger charge is 2.47. The van der Waals surface area contributed by atoms with Gasteiger partial charge < -0.3 is 10.5 Å². The fraction of sp³-hybridized carbons (Fsp3) is 1.00. The first-order valence-corrected chi connectivity index (χ1v) is 4.83. The van der Waals surface area contributed by atoms with E-state index in [-0.39, 0.29) is 0 Å². The van der Waals surface area contributed by atoms with Gasteiger partial charge in [0.15, 0.2) is 0 Å². The van der Waals surface area contributed by atoms with Gasteiger partial charge in [-0.1, -0.05) is 0 Å². The van der Waals surface area contributed by atoms with E-state index >= 15 is 0 Å². The van der Waals surface area contributed by atoms with E-state index < -0.39 is 0 Å². The number of likely N-dealkylation sites (tertiary alicyclic amines) is 1. The van der Waals surface area contributed by atoms with Gasteiger partial charge in [-0.3, -0.25) is 4.90 Å². The van der Waals surface area contributed by atoms with E-state index in [0.29, 0.717) is 24.2 Å². The van der Waals surface area contributed by atoms with Crippen LogP contribution in [0.2, 0.25) is 0 Å². The van der Waals surface area contributed by atoms with Crippen LogP contribution in [0.3, 0.4) is 0 Å². The third-order valence-corrected chi connectivity index (χ3v) is 3.08. The van der Waals surface area contributed by atoms with Crippen LogP contribution in [0.5, 0.6) is 0 Å². The average Bonchev–Trinajstić information content (AvgIpc) is 2.60. The van der Waals surface area contributed by atoms with Crippen LogP contribution in [0.1, 0.15) is 20.3 Å². The second kappa shape index (κ2) is 2.98. The molecule has 70 valence electrons. The Morgan fingerprint density at radius 3 is 2.83 bits per heavy atom. The lowest BCUT2D eigenvalue weighted by molar-refractivity contribution is -0.0244. The summed E-state index contributed by atoms with van der Waals surface area (Å²) in [5.74, 6) is 0. The zero-order valence-corrected chi connectivity index (χ0v) is 7.86. The maximum atomic E-state index is 5.73. The SMILES string of the molecule is CC(C)N1C2COC(C2)C1CN. The lowest BCUT2D eigenvalue weighted by atomic mass is 10.1. The summed E-state index contributed by atoms with van der Waals surface area (Å²) in [6.07, 6.45) is 1.61. The number of rotatable bonds is 2. The molecule has 0 aromatic heterocycles. The van der Waals surface area contributed by atoms with E-state index in [0.717, 1.165) is 13.2 Å². The Bertz CT molecular complexity index is 172. The molecule has 3 unspecified atom stereocenters. The Balaban J connectivity index is 2.11. The molecule has 2 saturated heterocycles. The van der Waals surface area contributed by atoms with Gasteiger partial charge in [-0.2, -0.15) is 0 Å². The van der Waals surface area contributed by atoms with Crippen LogP contribution in [0.4, 0.5) is 0 Å². The van der Waals surface area contributed by atoms with Gasteiger partial charge in [-0.25, -0.2) is 0 Å². The quantitative estimate of drug-likeness (QED) is 0.643. The predicted octanol–water partition coefficient (Wildman–Crippen LogP) is 0.195. The van der Waals surface area contributed by atoms with E-state index in [1.165, 1.54) is 6.42 Å². The highest BCUT2D eigenvalue weighted by molar-refractivity contribution is 5.00. The number of hydrogen-bond acceptors (Lipinski definition) is 3. The summed E-state index contributed by atoms with van der Waals surface area (Å²) in [4.78, 5) is 2.52. The molecule has 2 N–H and O–H groups in total. The first-order chi connectivity index (χ1) is 5.74. The smallest absolute Gasteiger partial charge is 0.0759 e. The molecule has 2 bridgehead atoms. The van der Waals surface area contributed by atoms with Crippen molar-refractivity contribution in [1.82, 2.24) is 4.90 Å². The van der Waals surface area contributed by atoms with E-state index in [1.807, 2.05) is 0 Å². The summed E-state index contributed by atoms with van der Waals surface area (Å²) in [5, 5.41) is 0. The number of ether oxygens (including phenoxy) is 1. The lowest BCUT2D eigenvalue weighted by Crippen LogP contribution is -2.52. The van der Waals surface area contributed by atoms with Crippen molar-refractivity contribution >= 4 is 0 Å². The molecule has 2 aliphatic heterocycles. The van der Waals surface area contributed by atoms with Gasteiger partial charge in [0.1, 0.15) is 0 Å². The normalized spacial score (nSPS) is 41.5. The molecule has 0 aromatic carbocycles. The van der Waals surface area contributed by atoms with Crippen molar-refractivity contribution in [2.75, 3.05) is 13.2 Å². The van der Waals surface area contributed by atoms with Crippen molar-refractivity contribution in [3.05, 3.63) is 0 Å². The first-order valence-electron chi connectivity index (χ1n) is 4.83. The summed E-state index contributed by atoms with van der Waals surface area (Å²) in [6.45, 7) is 6.13.